The predicted molar refractivity (Wildman–Crippen MR) is 95.9 cm³/mol. The van der Waals surface area contributed by atoms with Gasteiger partial charge in [0.15, 0.2) is 5.69 Å². The van der Waals surface area contributed by atoms with Crippen LogP contribution in [-0.4, -0.2) is 15.4 Å². The first-order valence-electron chi connectivity index (χ1n) is 7.98. The van der Waals surface area contributed by atoms with Crippen LogP contribution in [0.25, 0.3) is 23.4 Å². The maximum absolute atomic E-state index is 9.06. The fourth-order valence-electron chi connectivity index (χ4n) is 2.58. The van der Waals surface area contributed by atoms with Crippen LogP contribution in [-0.2, 0) is 6.42 Å². The van der Waals surface area contributed by atoms with Crippen molar-refractivity contribution in [3.05, 3.63) is 70.9 Å². The molecule has 118 valence electrons. The number of aryl methyl sites for hydroxylation is 1. The second-order valence-electron chi connectivity index (χ2n) is 5.58. The molecule has 1 aromatic heterocycles. The number of H-pyrrole nitrogens is 1. The van der Waals surface area contributed by atoms with Crippen molar-refractivity contribution < 1.29 is 0 Å². The van der Waals surface area contributed by atoms with E-state index in [4.69, 9.17) is 5.26 Å². The standard InChI is InChI=1S/C20H18N4/c1-2-4-15-7-9-16(10-8-15)11-12-17-5-3-6-18(13-17)20-19(14-21)22-24-23-20/h3,5-13H,2,4H2,1H3,(H,22,23,24)/b12-11+. The van der Waals surface area contributed by atoms with Crippen LogP contribution in [0.5, 0.6) is 0 Å². The van der Waals surface area contributed by atoms with Crippen molar-refractivity contribution >= 4 is 12.2 Å². The molecular weight excluding hydrogens is 296 g/mol. The van der Waals surface area contributed by atoms with Crippen molar-refractivity contribution in [2.75, 3.05) is 0 Å². The highest BCUT2D eigenvalue weighted by molar-refractivity contribution is 5.73. The Bertz CT molecular complexity index is 883. The summed E-state index contributed by atoms with van der Waals surface area (Å²) in [5, 5.41) is 19.5. The normalized spacial score (nSPS) is 10.8. The summed E-state index contributed by atoms with van der Waals surface area (Å²) in [6.45, 7) is 2.19. The zero-order valence-corrected chi connectivity index (χ0v) is 13.5. The largest absolute Gasteiger partial charge is 0.196 e. The molecule has 1 N–H and O–H groups in total. The molecule has 0 saturated heterocycles. The first-order chi connectivity index (χ1) is 11.8. The molecule has 0 bridgehead atoms. The lowest BCUT2D eigenvalue weighted by molar-refractivity contribution is 0.922. The Kier molecular flexibility index (Phi) is 4.83. The minimum Gasteiger partial charge on any atom is -0.196 e. The van der Waals surface area contributed by atoms with E-state index in [1.165, 1.54) is 11.1 Å². The lowest BCUT2D eigenvalue weighted by atomic mass is 10.0. The number of nitriles is 1. The summed E-state index contributed by atoms with van der Waals surface area (Å²) in [6, 6.07) is 18.6. The highest BCUT2D eigenvalue weighted by Crippen LogP contribution is 2.21. The monoisotopic (exact) mass is 314 g/mol. The molecule has 0 atom stereocenters. The Morgan fingerprint density at radius 2 is 1.83 bits per heavy atom. The molecule has 0 unspecified atom stereocenters. The lowest BCUT2D eigenvalue weighted by Crippen LogP contribution is -1.84. The topological polar surface area (TPSA) is 65.4 Å². The van der Waals surface area contributed by atoms with Gasteiger partial charge in [-0.1, -0.05) is 68.0 Å². The molecular formula is C20H18N4. The quantitative estimate of drug-likeness (QED) is 0.707. The third-order valence-electron chi connectivity index (χ3n) is 3.80. The number of hydrogen-bond acceptors (Lipinski definition) is 3. The van der Waals surface area contributed by atoms with Crippen molar-refractivity contribution in [1.82, 2.24) is 15.4 Å². The van der Waals surface area contributed by atoms with Crippen molar-refractivity contribution in [2.45, 2.75) is 19.8 Å². The lowest BCUT2D eigenvalue weighted by Gasteiger charge is -2.01. The molecule has 1 heterocycles. The number of aromatic amines is 1. The molecule has 24 heavy (non-hydrogen) atoms. The van der Waals surface area contributed by atoms with Gasteiger partial charge in [0.05, 0.1) is 0 Å². The summed E-state index contributed by atoms with van der Waals surface area (Å²) in [4.78, 5) is 0. The van der Waals surface area contributed by atoms with Gasteiger partial charge in [-0.2, -0.15) is 15.6 Å². The van der Waals surface area contributed by atoms with Crippen LogP contribution >= 0.6 is 0 Å². The van der Waals surface area contributed by atoms with Gasteiger partial charge in [-0.15, -0.1) is 5.10 Å². The van der Waals surface area contributed by atoms with Crippen molar-refractivity contribution in [3.63, 3.8) is 0 Å². The van der Waals surface area contributed by atoms with Gasteiger partial charge in [0, 0.05) is 5.56 Å². The molecule has 2 aromatic carbocycles. The van der Waals surface area contributed by atoms with Crippen LogP contribution in [0.2, 0.25) is 0 Å². The second-order valence-corrected chi connectivity index (χ2v) is 5.58. The second kappa shape index (κ2) is 7.38. The maximum Gasteiger partial charge on any atom is 0.190 e. The summed E-state index contributed by atoms with van der Waals surface area (Å²) in [5.74, 6) is 0. The van der Waals surface area contributed by atoms with E-state index < -0.39 is 0 Å². The van der Waals surface area contributed by atoms with E-state index in [2.05, 4.69) is 58.8 Å². The zero-order chi connectivity index (χ0) is 16.8. The Morgan fingerprint density at radius 1 is 1.04 bits per heavy atom. The number of nitrogens with zero attached hydrogens (tertiary/aromatic N) is 3. The highest BCUT2D eigenvalue weighted by Gasteiger charge is 2.09. The van der Waals surface area contributed by atoms with E-state index in [1.54, 1.807) is 0 Å². The molecule has 0 aliphatic heterocycles. The first kappa shape index (κ1) is 15.7. The minimum absolute atomic E-state index is 0.308. The first-order valence-corrected chi connectivity index (χ1v) is 7.98. The van der Waals surface area contributed by atoms with Crippen molar-refractivity contribution in [1.29, 1.82) is 5.26 Å². The predicted octanol–water partition coefficient (Wildman–Crippen LogP) is 4.47. The van der Waals surface area contributed by atoms with Crippen molar-refractivity contribution in [3.8, 4) is 17.3 Å². The van der Waals surface area contributed by atoms with Gasteiger partial charge in [-0.25, -0.2) is 0 Å². The molecule has 0 amide bonds. The molecule has 0 saturated carbocycles. The Balaban J connectivity index is 1.81. The maximum atomic E-state index is 9.06. The van der Waals surface area contributed by atoms with E-state index in [0.29, 0.717) is 11.4 Å². The minimum atomic E-state index is 0.308. The Morgan fingerprint density at radius 3 is 2.58 bits per heavy atom. The summed E-state index contributed by atoms with van der Waals surface area (Å²) in [7, 11) is 0. The van der Waals surface area contributed by atoms with Gasteiger partial charge < -0.3 is 0 Å². The molecule has 4 nitrogen and oxygen atoms in total. The fourth-order valence-corrected chi connectivity index (χ4v) is 2.58. The van der Waals surface area contributed by atoms with Crippen LogP contribution in [0.15, 0.2) is 48.5 Å². The van der Waals surface area contributed by atoms with E-state index in [1.807, 2.05) is 30.3 Å². The molecule has 0 aliphatic carbocycles. The third kappa shape index (κ3) is 3.58. The molecule has 0 radical (unpaired) electrons. The molecule has 0 spiro atoms. The summed E-state index contributed by atoms with van der Waals surface area (Å²) in [6.07, 6.45) is 6.42. The summed E-state index contributed by atoms with van der Waals surface area (Å²) in [5.41, 5.74) is 5.35. The number of nitrogens with one attached hydrogen (secondary N) is 1. The molecule has 0 fully saturated rings. The third-order valence-corrected chi connectivity index (χ3v) is 3.80. The van der Waals surface area contributed by atoms with Gasteiger partial charge >= 0.3 is 0 Å². The van der Waals surface area contributed by atoms with Crippen LogP contribution in [0.4, 0.5) is 0 Å². The summed E-state index contributed by atoms with van der Waals surface area (Å²) < 4.78 is 0. The molecule has 3 rings (SSSR count). The van der Waals surface area contributed by atoms with Gasteiger partial charge in [0.25, 0.3) is 0 Å². The number of hydrogen-bond donors (Lipinski definition) is 1. The van der Waals surface area contributed by atoms with E-state index in [0.717, 1.165) is 24.0 Å². The number of aromatic nitrogens is 3. The van der Waals surface area contributed by atoms with Crippen LogP contribution in [0, 0.1) is 11.3 Å². The van der Waals surface area contributed by atoms with E-state index in [9.17, 15) is 0 Å². The fraction of sp³-hybridized carbons (Fsp3) is 0.150. The molecule has 0 aliphatic rings. The van der Waals surface area contributed by atoms with Crippen molar-refractivity contribution in [2.24, 2.45) is 0 Å². The Labute approximate surface area is 141 Å². The van der Waals surface area contributed by atoms with E-state index in [-0.39, 0.29) is 0 Å². The number of rotatable bonds is 5. The average molecular weight is 314 g/mol. The van der Waals surface area contributed by atoms with E-state index >= 15 is 0 Å². The van der Waals surface area contributed by atoms with Gasteiger partial charge in [0.1, 0.15) is 11.8 Å². The average Bonchev–Trinajstić information content (AvgIpc) is 3.10. The van der Waals surface area contributed by atoms with Gasteiger partial charge in [-0.05, 0) is 29.2 Å². The molecule has 3 aromatic rings. The summed E-state index contributed by atoms with van der Waals surface area (Å²) >= 11 is 0. The van der Waals surface area contributed by atoms with Crippen LogP contribution in [0.1, 0.15) is 35.7 Å². The Hall–Kier alpha value is -3.19. The highest BCUT2D eigenvalue weighted by atomic mass is 15.3. The SMILES string of the molecule is CCCc1ccc(/C=C/c2cccc(-c3n[nH]nc3C#N)c2)cc1. The smallest absolute Gasteiger partial charge is 0.190 e. The number of benzene rings is 2. The zero-order valence-electron chi connectivity index (χ0n) is 13.5. The van der Waals surface area contributed by atoms with Gasteiger partial charge in [0.2, 0.25) is 0 Å². The van der Waals surface area contributed by atoms with Gasteiger partial charge in [-0.3, -0.25) is 0 Å². The van der Waals surface area contributed by atoms with Crippen LogP contribution < -0.4 is 0 Å². The van der Waals surface area contributed by atoms with Crippen LogP contribution in [0.3, 0.4) is 0 Å². The molecule has 4 heteroatoms.